The molecule has 0 radical (unpaired) electrons. The van der Waals surface area contributed by atoms with Crippen molar-refractivity contribution in [2.75, 3.05) is 31.6 Å². The molecule has 0 aliphatic carbocycles. The van der Waals surface area contributed by atoms with Crippen LogP contribution in [0.4, 0.5) is 0 Å². The Balaban J connectivity index is 1.66. The molecule has 1 aliphatic rings. The third-order valence-electron chi connectivity index (χ3n) is 7.10. The molecule has 10 nitrogen and oxygen atoms in total. The molecule has 12 heteroatoms. The number of hydrogen-bond acceptors (Lipinski definition) is 10. The molecule has 0 aromatic heterocycles. The summed E-state index contributed by atoms with van der Waals surface area (Å²) in [7, 11) is -6.51. The van der Waals surface area contributed by atoms with Gasteiger partial charge in [0.25, 0.3) is 0 Å². The van der Waals surface area contributed by atoms with E-state index in [1.165, 1.54) is 7.11 Å². The fourth-order valence-electron chi connectivity index (χ4n) is 5.12. The highest BCUT2D eigenvalue weighted by atomic mass is 32.2. The maximum atomic E-state index is 13.6. The Bertz CT molecular complexity index is 1420. The van der Waals surface area contributed by atoms with Gasteiger partial charge in [-0.1, -0.05) is 91.0 Å². The summed E-state index contributed by atoms with van der Waals surface area (Å²) in [6.07, 6.45) is -4.54. The van der Waals surface area contributed by atoms with E-state index in [4.69, 9.17) is 32.7 Å². The van der Waals surface area contributed by atoms with Crippen LogP contribution < -0.4 is 0 Å². The molecule has 5 atom stereocenters. The van der Waals surface area contributed by atoms with E-state index >= 15 is 0 Å². The second kappa shape index (κ2) is 17.5. The van der Waals surface area contributed by atoms with E-state index in [-0.39, 0.29) is 33.0 Å². The van der Waals surface area contributed by atoms with E-state index in [2.05, 4.69) is 0 Å². The Hall–Kier alpha value is -2.44. The molecule has 0 saturated carbocycles. The van der Waals surface area contributed by atoms with Crippen molar-refractivity contribution >= 4 is 17.4 Å². The summed E-state index contributed by atoms with van der Waals surface area (Å²) in [5, 5.41) is 0. The van der Waals surface area contributed by atoms with Crippen LogP contribution in [0, 0.1) is 0 Å². The van der Waals surface area contributed by atoms with Gasteiger partial charge in [0.2, 0.25) is 0 Å². The van der Waals surface area contributed by atoms with Gasteiger partial charge in [0.15, 0.2) is 21.6 Å². The van der Waals surface area contributed by atoms with Crippen molar-refractivity contribution in [1.82, 2.24) is 0 Å². The van der Waals surface area contributed by atoms with Crippen LogP contribution in [0.25, 0.3) is 0 Å². The molecule has 0 amide bonds. The maximum Gasteiger partial charge on any atom is 0.345 e. The molecular formula is C33H43O10PS. The van der Waals surface area contributed by atoms with Crippen LogP contribution >= 0.6 is 7.60 Å². The predicted octanol–water partition coefficient (Wildman–Crippen LogP) is 5.75. The first-order chi connectivity index (χ1) is 21.8. The summed E-state index contributed by atoms with van der Waals surface area (Å²) in [4.78, 5) is 0. The summed E-state index contributed by atoms with van der Waals surface area (Å²) in [5.41, 5.74) is 1.94. The normalized spacial score (nSPS) is 22.3. The Morgan fingerprint density at radius 2 is 1.09 bits per heavy atom. The van der Waals surface area contributed by atoms with Crippen LogP contribution in [0.15, 0.2) is 91.0 Å². The highest BCUT2D eigenvalue weighted by molar-refractivity contribution is 7.97. The summed E-state index contributed by atoms with van der Waals surface area (Å²) < 4.78 is 82.3. The van der Waals surface area contributed by atoms with Crippen molar-refractivity contribution < 1.29 is 45.7 Å². The number of hydrogen-bond donors (Lipinski definition) is 0. The molecule has 3 aromatic carbocycles. The van der Waals surface area contributed by atoms with Crippen LogP contribution in [0.3, 0.4) is 0 Å². The summed E-state index contributed by atoms with van der Waals surface area (Å²) >= 11 is 0. The zero-order valence-corrected chi connectivity index (χ0v) is 27.6. The van der Waals surface area contributed by atoms with Crippen LogP contribution in [0.5, 0.6) is 0 Å². The van der Waals surface area contributed by atoms with Gasteiger partial charge in [0, 0.05) is 7.11 Å². The Morgan fingerprint density at radius 1 is 0.667 bits per heavy atom. The number of ether oxygens (including phenoxy) is 5. The number of rotatable bonds is 18. The zero-order chi connectivity index (χ0) is 32.1. The van der Waals surface area contributed by atoms with Crippen LogP contribution in [0.1, 0.15) is 30.5 Å². The van der Waals surface area contributed by atoms with Gasteiger partial charge in [0.1, 0.15) is 24.4 Å². The lowest BCUT2D eigenvalue weighted by atomic mass is 9.98. The lowest BCUT2D eigenvalue weighted by molar-refractivity contribution is -0.313. The van der Waals surface area contributed by atoms with Crippen LogP contribution in [0.2, 0.25) is 0 Å². The molecule has 1 heterocycles. The Morgan fingerprint density at radius 3 is 1.51 bits per heavy atom. The van der Waals surface area contributed by atoms with Crippen molar-refractivity contribution in [3.63, 3.8) is 0 Å². The van der Waals surface area contributed by atoms with Gasteiger partial charge in [-0.05, 0) is 30.5 Å². The molecule has 0 N–H and O–H groups in total. The molecule has 246 valence electrons. The molecule has 4 rings (SSSR count). The lowest BCUT2D eigenvalue weighted by Gasteiger charge is -2.45. The standard InChI is InChI=1S/C33H43O10PS/c1-4-41-44(34,42-5-2)25-45(35,36)24-29-30(38-21-26-15-9-6-10-16-26)31(39-22-27-17-11-7-12-18-27)32(33(37-3)43-29)40-23-28-19-13-8-14-20-28/h6-20,29-33H,4-5,21-25H2,1-3H3/t29-,30-,31+,32-,33+/m1/s1. The molecule has 3 aromatic rings. The smallest absolute Gasteiger partial charge is 0.345 e. The van der Waals surface area contributed by atoms with Gasteiger partial charge in [0.05, 0.1) is 38.8 Å². The van der Waals surface area contributed by atoms with Crippen molar-refractivity contribution in [1.29, 1.82) is 0 Å². The van der Waals surface area contributed by atoms with Crippen molar-refractivity contribution in [3.05, 3.63) is 108 Å². The third kappa shape index (κ3) is 10.8. The SMILES string of the molecule is CCOP(=O)(CS(=O)(=O)C[C@H]1O[C@H](OC)[C@H](OCc2ccccc2)[C@@H](OCc2ccccc2)[C@@H]1OCc1ccccc1)OCC. The van der Waals surface area contributed by atoms with Crippen molar-refractivity contribution in [2.24, 2.45) is 0 Å². The second-order valence-corrected chi connectivity index (χ2v) is 15.1. The first-order valence-electron chi connectivity index (χ1n) is 15.0. The molecule has 1 aliphatic heterocycles. The predicted molar refractivity (Wildman–Crippen MR) is 170 cm³/mol. The molecule has 0 unspecified atom stereocenters. The Labute approximate surface area is 266 Å². The summed E-state index contributed by atoms with van der Waals surface area (Å²) in [6, 6.07) is 28.8. The second-order valence-electron chi connectivity index (χ2n) is 10.5. The molecular weight excluding hydrogens is 619 g/mol. The average molecular weight is 663 g/mol. The van der Waals surface area contributed by atoms with Gasteiger partial charge in [-0.2, -0.15) is 0 Å². The lowest BCUT2D eigenvalue weighted by Crippen LogP contribution is -2.62. The average Bonchev–Trinajstić information content (AvgIpc) is 3.03. The fraction of sp³-hybridized carbons (Fsp3) is 0.455. The minimum absolute atomic E-state index is 0.0388. The highest BCUT2D eigenvalue weighted by Crippen LogP contribution is 2.49. The number of methoxy groups -OCH3 is 1. The number of sulfone groups is 1. The molecule has 1 saturated heterocycles. The maximum absolute atomic E-state index is 13.6. The van der Waals surface area contributed by atoms with E-state index < -0.39 is 59.4 Å². The van der Waals surface area contributed by atoms with E-state index in [9.17, 15) is 13.0 Å². The third-order valence-corrected chi connectivity index (χ3v) is 12.1. The molecule has 0 bridgehead atoms. The Kier molecular flexibility index (Phi) is 13.7. The van der Waals surface area contributed by atoms with Gasteiger partial charge >= 0.3 is 7.60 Å². The van der Waals surface area contributed by atoms with E-state index in [1.54, 1.807) is 13.8 Å². The molecule has 45 heavy (non-hydrogen) atoms. The molecule has 1 fully saturated rings. The van der Waals surface area contributed by atoms with Crippen LogP contribution in [-0.4, -0.2) is 70.7 Å². The van der Waals surface area contributed by atoms with Gasteiger partial charge in [-0.15, -0.1) is 0 Å². The molecule has 0 spiro atoms. The highest BCUT2D eigenvalue weighted by Gasteiger charge is 2.50. The topological polar surface area (TPSA) is 116 Å². The monoisotopic (exact) mass is 662 g/mol. The van der Waals surface area contributed by atoms with E-state index in [1.807, 2.05) is 91.0 Å². The number of benzene rings is 3. The minimum Gasteiger partial charge on any atom is -0.368 e. The van der Waals surface area contributed by atoms with Crippen LogP contribution in [-0.2, 0) is 67.0 Å². The zero-order valence-electron chi connectivity index (χ0n) is 25.9. The summed E-state index contributed by atoms with van der Waals surface area (Å²) in [5.74, 6) is -0.535. The quantitative estimate of drug-likeness (QED) is 0.156. The van der Waals surface area contributed by atoms with E-state index in [0.29, 0.717) is 0 Å². The summed E-state index contributed by atoms with van der Waals surface area (Å²) in [6.45, 7) is 3.94. The van der Waals surface area contributed by atoms with Gasteiger partial charge in [-0.25, -0.2) is 8.42 Å². The van der Waals surface area contributed by atoms with E-state index in [0.717, 1.165) is 16.7 Å². The largest absolute Gasteiger partial charge is 0.368 e. The van der Waals surface area contributed by atoms with Crippen molar-refractivity contribution in [2.45, 2.75) is 64.4 Å². The van der Waals surface area contributed by atoms with Gasteiger partial charge in [-0.3, -0.25) is 4.57 Å². The first-order valence-corrected chi connectivity index (χ1v) is 18.5. The van der Waals surface area contributed by atoms with Gasteiger partial charge < -0.3 is 32.7 Å². The minimum atomic E-state index is -4.06. The van der Waals surface area contributed by atoms with Crippen molar-refractivity contribution in [3.8, 4) is 0 Å². The fourth-order valence-corrected chi connectivity index (χ4v) is 9.69. The first kappa shape index (κ1) is 35.4.